The minimum atomic E-state index is 0.655. The highest BCUT2D eigenvalue weighted by Crippen LogP contribution is 2.38. The maximum Gasteiger partial charge on any atom is 0.160 e. The number of nitrogens with zero attached hydrogens (tertiary/aromatic N) is 3. The Kier molecular flexibility index (Phi) is 5.56. The van der Waals surface area contributed by atoms with Gasteiger partial charge in [-0.05, 0) is 61.0 Å². The van der Waals surface area contributed by atoms with Crippen LogP contribution in [-0.4, -0.2) is 15.0 Å². The highest BCUT2D eigenvalue weighted by atomic mass is 16.3. The molecule has 0 amide bonds. The molecule has 208 valence electrons. The summed E-state index contributed by atoms with van der Waals surface area (Å²) < 4.78 is 12.4. The lowest BCUT2D eigenvalue weighted by Gasteiger charge is -2.12. The summed E-state index contributed by atoms with van der Waals surface area (Å²) in [5.41, 5.74) is 10.1. The van der Waals surface area contributed by atoms with Crippen molar-refractivity contribution in [2.45, 2.75) is 12.8 Å². The molecule has 0 saturated carbocycles. The number of benzene rings is 4. The molecular formula is C39H25N3O2. The first kappa shape index (κ1) is 24.8. The topological polar surface area (TPSA) is 65.0 Å². The summed E-state index contributed by atoms with van der Waals surface area (Å²) in [5.74, 6) is 1.71. The molecule has 1 aliphatic carbocycles. The summed E-state index contributed by atoms with van der Waals surface area (Å²) in [6.07, 6.45) is 8.16. The number of fused-ring (bicyclic) bond motifs is 6. The Balaban J connectivity index is 1.23. The first-order chi connectivity index (χ1) is 21.8. The van der Waals surface area contributed by atoms with Gasteiger partial charge in [-0.2, -0.15) is 0 Å². The van der Waals surface area contributed by atoms with Crippen molar-refractivity contribution in [3.8, 4) is 45.2 Å². The molecule has 1 aliphatic rings. The number of rotatable bonds is 4. The molecule has 0 radical (unpaired) electrons. The van der Waals surface area contributed by atoms with Crippen LogP contribution in [0.25, 0.3) is 84.1 Å². The van der Waals surface area contributed by atoms with E-state index in [2.05, 4.69) is 66.7 Å². The smallest absolute Gasteiger partial charge is 0.160 e. The lowest BCUT2D eigenvalue weighted by atomic mass is 9.98. The van der Waals surface area contributed by atoms with Crippen molar-refractivity contribution in [2.75, 3.05) is 0 Å². The van der Waals surface area contributed by atoms with Crippen LogP contribution in [0.4, 0.5) is 0 Å². The van der Waals surface area contributed by atoms with Crippen LogP contribution in [-0.2, 0) is 6.42 Å². The Bertz CT molecular complexity index is 2400. The number of allylic oxidation sites excluding steroid dienone is 1. The monoisotopic (exact) mass is 567 g/mol. The van der Waals surface area contributed by atoms with Crippen molar-refractivity contribution < 1.29 is 8.83 Å². The third kappa shape index (κ3) is 4.05. The molecule has 4 aromatic carbocycles. The van der Waals surface area contributed by atoms with Crippen molar-refractivity contribution >= 4 is 39.0 Å². The first-order valence-electron chi connectivity index (χ1n) is 14.8. The maximum atomic E-state index is 6.22. The van der Waals surface area contributed by atoms with E-state index in [-0.39, 0.29) is 0 Å². The molecule has 0 bridgehead atoms. The van der Waals surface area contributed by atoms with Gasteiger partial charge in [-0.1, -0.05) is 66.7 Å². The number of furan rings is 2. The fraction of sp³-hybridized carbons (Fsp3) is 0.0513. The van der Waals surface area contributed by atoms with E-state index < -0.39 is 0 Å². The lowest BCUT2D eigenvalue weighted by Crippen LogP contribution is -1.98. The Hall–Kier alpha value is -5.81. The molecule has 4 aromatic heterocycles. The molecule has 9 rings (SSSR count). The summed E-state index contributed by atoms with van der Waals surface area (Å²) >= 11 is 0. The van der Waals surface area contributed by atoms with E-state index in [0.29, 0.717) is 5.82 Å². The highest BCUT2D eigenvalue weighted by Gasteiger charge is 2.19. The van der Waals surface area contributed by atoms with Gasteiger partial charge >= 0.3 is 0 Å². The third-order valence-corrected chi connectivity index (χ3v) is 8.42. The van der Waals surface area contributed by atoms with Crippen LogP contribution < -0.4 is 0 Å². The van der Waals surface area contributed by atoms with Crippen LogP contribution >= 0.6 is 0 Å². The number of hydrogen-bond donors (Lipinski definition) is 0. The maximum absolute atomic E-state index is 6.22. The quantitative estimate of drug-likeness (QED) is 0.212. The number of para-hydroxylation sites is 1. The molecule has 8 aromatic rings. The fourth-order valence-corrected chi connectivity index (χ4v) is 6.28. The molecule has 0 unspecified atom stereocenters. The first-order valence-corrected chi connectivity index (χ1v) is 14.8. The van der Waals surface area contributed by atoms with Crippen molar-refractivity contribution in [3.63, 3.8) is 0 Å². The van der Waals surface area contributed by atoms with Crippen LogP contribution in [0.15, 0.2) is 130 Å². The van der Waals surface area contributed by atoms with Gasteiger partial charge in [0.05, 0.1) is 17.1 Å². The minimum Gasteiger partial charge on any atom is -0.460 e. The molecule has 0 aliphatic heterocycles. The van der Waals surface area contributed by atoms with Crippen molar-refractivity contribution in [1.29, 1.82) is 0 Å². The average molecular weight is 568 g/mol. The second-order valence-corrected chi connectivity index (χ2v) is 11.1. The normalized spacial score (nSPS) is 12.7. The predicted octanol–water partition coefficient (Wildman–Crippen LogP) is 10.1. The van der Waals surface area contributed by atoms with E-state index in [1.807, 2.05) is 60.8 Å². The average Bonchev–Trinajstić information content (AvgIpc) is 3.66. The number of aryl methyl sites for hydroxylation is 1. The van der Waals surface area contributed by atoms with Gasteiger partial charge in [-0.15, -0.1) is 0 Å². The lowest BCUT2D eigenvalue weighted by molar-refractivity contribution is 0.546. The van der Waals surface area contributed by atoms with Crippen LogP contribution in [0.2, 0.25) is 0 Å². The Morgan fingerprint density at radius 3 is 2.34 bits per heavy atom. The molecular weight excluding hydrogens is 542 g/mol. The minimum absolute atomic E-state index is 0.655. The summed E-state index contributed by atoms with van der Waals surface area (Å²) in [5, 5.41) is 3.30. The zero-order valence-corrected chi connectivity index (χ0v) is 23.7. The van der Waals surface area contributed by atoms with E-state index in [9.17, 15) is 0 Å². The van der Waals surface area contributed by atoms with Gasteiger partial charge in [0, 0.05) is 56.6 Å². The van der Waals surface area contributed by atoms with E-state index in [1.54, 1.807) is 0 Å². The number of hydrogen-bond acceptors (Lipinski definition) is 5. The van der Waals surface area contributed by atoms with E-state index in [4.69, 9.17) is 23.8 Å². The zero-order chi connectivity index (χ0) is 29.0. The van der Waals surface area contributed by atoms with Gasteiger partial charge in [0.25, 0.3) is 0 Å². The molecule has 0 N–H and O–H groups in total. The van der Waals surface area contributed by atoms with Crippen LogP contribution in [0.3, 0.4) is 0 Å². The van der Waals surface area contributed by atoms with E-state index in [0.717, 1.165) is 90.8 Å². The predicted molar refractivity (Wildman–Crippen MR) is 176 cm³/mol. The van der Waals surface area contributed by atoms with Crippen LogP contribution in [0.1, 0.15) is 17.7 Å². The van der Waals surface area contributed by atoms with Crippen LogP contribution in [0.5, 0.6) is 0 Å². The van der Waals surface area contributed by atoms with Gasteiger partial charge in [-0.25, -0.2) is 9.97 Å². The molecule has 0 fully saturated rings. The standard InChI is InChI=1S/C39H25N3O2/c1-2-9-24(10-3-1)39-41-32(25-16-18-29-27-11-4-6-14-34(27)44-37(29)22-25)23-33(42-39)30-13-8-20-40-38(30)26-17-19-36-31(21-26)28-12-5-7-15-35(28)43-36/h1-6,8-14,16-23H,7,15H2. The largest absolute Gasteiger partial charge is 0.460 e. The fourth-order valence-electron chi connectivity index (χ4n) is 6.28. The number of pyridine rings is 1. The highest BCUT2D eigenvalue weighted by molar-refractivity contribution is 6.06. The SMILES string of the molecule is C1=Cc2c(oc3ccc(-c4ncccc4-c4cc(-c5ccc6c(c5)oc5ccccc56)nc(-c5ccccc5)n4)cc23)CC1. The Labute approximate surface area is 253 Å². The van der Waals surface area contributed by atoms with Crippen molar-refractivity contribution in [3.05, 3.63) is 133 Å². The second kappa shape index (κ2) is 9.89. The van der Waals surface area contributed by atoms with Gasteiger partial charge in [0.15, 0.2) is 5.82 Å². The van der Waals surface area contributed by atoms with Gasteiger partial charge in [0.1, 0.15) is 22.5 Å². The van der Waals surface area contributed by atoms with E-state index in [1.165, 1.54) is 5.56 Å². The van der Waals surface area contributed by atoms with Crippen molar-refractivity contribution in [1.82, 2.24) is 15.0 Å². The summed E-state index contributed by atoms with van der Waals surface area (Å²) in [6, 6.07) is 37.0. The molecule has 0 spiro atoms. The zero-order valence-electron chi connectivity index (χ0n) is 23.7. The third-order valence-electron chi connectivity index (χ3n) is 8.42. The molecule has 5 heteroatoms. The van der Waals surface area contributed by atoms with Gasteiger partial charge < -0.3 is 8.83 Å². The van der Waals surface area contributed by atoms with Crippen molar-refractivity contribution in [2.24, 2.45) is 0 Å². The Morgan fingerprint density at radius 2 is 1.39 bits per heavy atom. The molecule has 0 atom stereocenters. The summed E-state index contributed by atoms with van der Waals surface area (Å²) in [4.78, 5) is 15.0. The van der Waals surface area contributed by atoms with Gasteiger partial charge in [-0.3, -0.25) is 4.98 Å². The Morgan fingerprint density at radius 1 is 0.568 bits per heavy atom. The molecule has 44 heavy (non-hydrogen) atoms. The summed E-state index contributed by atoms with van der Waals surface area (Å²) in [6.45, 7) is 0. The van der Waals surface area contributed by atoms with Crippen LogP contribution in [0, 0.1) is 0 Å². The second-order valence-electron chi connectivity index (χ2n) is 11.1. The molecule has 0 saturated heterocycles. The number of aromatic nitrogens is 3. The molecule has 4 heterocycles. The van der Waals surface area contributed by atoms with E-state index >= 15 is 0 Å². The summed E-state index contributed by atoms with van der Waals surface area (Å²) in [7, 11) is 0. The molecule has 5 nitrogen and oxygen atoms in total. The van der Waals surface area contributed by atoms with Gasteiger partial charge in [0.2, 0.25) is 0 Å².